The topological polar surface area (TPSA) is 82.9 Å². The minimum atomic E-state index is -0.718. The predicted molar refractivity (Wildman–Crippen MR) is 152 cm³/mol. The van der Waals surface area contributed by atoms with E-state index in [1.54, 1.807) is 13.3 Å². The Morgan fingerprint density at radius 3 is 2.69 bits per heavy atom. The van der Waals surface area contributed by atoms with Crippen molar-refractivity contribution >= 4 is 53.4 Å². The number of thioether (sulfide) groups is 1. The molecule has 0 spiro atoms. The number of aliphatic carboxylic acids is 1. The third-order valence-electron chi connectivity index (χ3n) is 7.63. The highest BCUT2D eigenvalue weighted by Gasteiger charge is 2.31. The van der Waals surface area contributed by atoms with Gasteiger partial charge in [0.1, 0.15) is 5.75 Å². The Hall–Kier alpha value is -1.25. The number of likely N-dealkylation sites (tertiary alicyclic amines) is 1. The van der Waals surface area contributed by atoms with Crippen LogP contribution in [0.15, 0.2) is 30.5 Å². The van der Waals surface area contributed by atoms with Crippen LogP contribution in [0.25, 0.3) is 10.9 Å². The summed E-state index contributed by atoms with van der Waals surface area (Å²) >= 11 is 2.10. The normalized spacial score (nSPS) is 21.5. The van der Waals surface area contributed by atoms with Crippen LogP contribution in [0.1, 0.15) is 63.0 Å². The SMILES string of the molecule is COc1ccc2nccc([C@H](O)CC[C@@H]3CCN(CCSC4CCCC4)C[C@@H]3CC(=O)O)c2c1.Cl.Cl. The Morgan fingerprint density at radius 1 is 1.19 bits per heavy atom. The molecule has 0 bridgehead atoms. The van der Waals surface area contributed by atoms with Gasteiger partial charge in [-0.2, -0.15) is 11.8 Å². The van der Waals surface area contributed by atoms with Gasteiger partial charge < -0.3 is 19.8 Å². The summed E-state index contributed by atoms with van der Waals surface area (Å²) in [6, 6.07) is 7.60. The Labute approximate surface area is 231 Å². The summed E-state index contributed by atoms with van der Waals surface area (Å²) in [5, 5.41) is 22.3. The number of ether oxygens (including phenoxy) is 1. The number of carboxylic acid groups (broad SMARTS) is 1. The lowest BCUT2D eigenvalue weighted by Crippen LogP contribution is -2.42. The molecule has 1 saturated heterocycles. The maximum Gasteiger partial charge on any atom is 0.303 e. The van der Waals surface area contributed by atoms with Crippen LogP contribution in [-0.2, 0) is 4.79 Å². The highest BCUT2D eigenvalue weighted by molar-refractivity contribution is 7.99. The van der Waals surface area contributed by atoms with E-state index in [0.29, 0.717) is 12.3 Å². The molecule has 1 saturated carbocycles. The summed E-state index contributed by atoms with van der Waals surface area (Å²) < 4.78 is 5.36. The van der Waals surface area contributed by atoms with Crippen LogP contribution in [0, 0.1) is 11.8 Å². The van der Waals surface area contributed by atoms with Gasteiger partial charge in [-0.05, 0) is 80.3 Å². The zero-order chi connectivity index (χ0) is 23.9. The number of hydrogen-bond donors (Lipinski definition) is 2. The average molecular weight is 560 g/mol. The maximum atomic E-state index is 11.6. The minimum Gasteiger partial charge on any atom is -0.497 e. The number of pyridine rings is 1. The number of carbonyl (C=O) groups is 1. The lowest BCUT2D eigenvalue weighted by atomic mass is 9.79. The van der Waals surface area contributed by atoms with Crippen molar-refractivity contribution in [3.63, 3.8) is 0 Å². The Bertz CT molecular complexity index is 961. The molecule has 0 amide bonds. The largest absolute Gasteiger partial charge is 0.497 e. The number of nitrogens with zero attached hydrogens (tertiary/aromatic N) is 2. The molecular weight excluding hydrogens is 519 g/mol. The smallest absolute Gasteiger partial charge is 0.303 e. The lowest BCUT2D eigenvalue weighted by Gasteiger charge is -2.38. The number of halogens is 2. The van der Waals surface area contributed by atoms with E-state index < -0.39 is 12.1 Å². The summed E-state index contributed by atoms with van der Waals surface area (Å²) in [5.74, 6) is 1.64. The second-order valence-corrected chi connectivity index (χ2v) is 11.3. The Morgan fingerprint density at radius 2 is 1.97 bits per heavy atom. The molecule has 0 radical (unpaired) electrons. The first-order valence-electron chi connectivity index (χ1n) is 12.7. The van der Waals surface area contributed by atoms with E-state index in [0.717, 1.165) is 65.7 Å². The zero-order valence-electron chi connectivity index (χ0n) is 21.0. The van der Waals surface area contributed by atoms with Crippen LogP contribution >= 0.6 is 36.6 Å². The molecule has 1 aliphatic heterocycles. The zero-order valence-corrected chi connectivity index (χ0v) is 23.5. The molecule has 9 heteroatoms. The molecule has 2 N–H and O–H groups in total. The molecular formula is C27H40Cl2N2O4S. The molecule has 3 atom stereocenters. The average Bonchev–Trinajstić information content (AvgIpc) is 3.36. The van der Waals surface area contributed by atoms with Gasteiger partial charge in [0.05, 0.1) is 18.7 Å². The summed E-state index contributed by atoms with van der Waals surface area (Å²) in [6.45, 7) is 2.93. The van der Waals surface area contributed by atoms with Crippen molar-refractivity contribution < 1.29 is 19.7 Å². The van der Waals surface area contributed by atoms with E-state index in [-0.39, 0.29) is 37.2 Å². The van der Waals surface area contributed by atoms with Crippen molar-refractivity contribution in [2.75, 3.05) is 32.5 Å². The van der Waals surface area contributed by atoms with Crippen LogP contribution in [0.3, 0.4) is 0 Å². The van der Waals surface area contributed by atoms with Crippen LogP contribution in [0.4, 0.5) is 0 Å². The number of fused-ring (bicyclic) bond motifs is 1. The van der Waals surface area contributed by atoms with Gasteiger partial charge >= 0.3 is 5.97 Å². The van der Waals surface area contributed by atoms with Gasteiger partial charge in [-0.25, -0.2) is 0 Å². The molecule has 202 valence electrons. The second kappa shape index (κ2) is 15.2. The van der Waals surface area contributed by atoms with Gasteiger partial charge in [0.2, 0.25) is 0 Å². The molecule has 6 nitrogen and oxygen atoms in total. The second-order valence-electron chi connectivity index (χ2n) is 9.86. The van der Waals surface area contributed by atoms with Crippen molar-refractivity contribution in [2.45, 2.75) is 62.7 Å². The van der Waals surface area contributed by atoms with Crippen molar-refractivity contribution in [3.05, 3.63) is 36.0 Å². The molecule has 1 aromatic heterocycles. The van der Waals surface area contributed by atoms with Crippen molar-refractivity contribution in [1.29, 1.82) is 0 Å². The molecule has 0 unspecified atom stereocenters. The molecule has 2 heterocycles. The van der Waals surface area contributed by atoms with Gasteiger partial charge in [-0.1, -0.05) is 12.8 Å². The van der Waals surface area contributed by atoms with Crippen LogP contribution in [-0.4, -0.2) is 63.8 Å². The monoisotopic (exact) mass is 558 g/mol. The third kappa shape index (κ3) is 8.38. The lowest BCUT2D eigenvalue weighted by molar-refractivity contribution is -0.139. The number of piperidine rings is 1. The first kappa shape index (κ1) is 31.0. The standard InChI is InChI=1S/C27H38N2O4S.2ClH/c1-33-21-7-8-25-24(17-21)23(10-12-28-25)26(30)9-6-19-11-13-29(18-20(19)16-27(31)32)14-15-34-22-4-2-3-5-22;;/h7-8,10,12,17,19-20,22,26,30H,2-6,9,11,13-16,18H2,1H3,(H,31,32);2*1H/t19-,20+,26-;;/m1../s1. The summed E-state index contributed by atoms with van der Waals surface area (Å²) in [7, 11) is 1.63. The van der Waals surface area contributed by atoms with E-state index in [4.69, 9.17) is 4.74 Å². The molecule has 1 aliphatic carbocycles. The summed E-state index contributed by atoms with van der Waals surface area (Å²) in [4.78, 5) is 18.5. The van der Waals surface area contributed by atoms with Gasteiger partial charge in [-0.15, -0.1) is 24.8 Å². The van der Waals surface area contributed by atoms with E-state index in [9.17, 15) is 15.0 Å². The van der Waals surface area contributed by atoms with Crippen LogP contribution in [0.2, 0.25) is 0 Å². The number of aromatic nitrogens is 1. The number of benzene rings is 1. The number of methoxy groups -OCH3 is 1. The van der Waals surface area contributed by atoms with Gasteiger partial charge in [-0.3, -0.25) is 9.78 Å². The first-order chi connectivity index (χ1) is 16.5. The first-order valence-corrected chi connectivity index (χ1v) is 13.7. The fourth-order valence-corrected chi connectivity index (χ4v) is 7.05. The number of hydrogen-bond acceptors (Lipinski definition) is 6. The summed E-state index contributed by atoms with van der Waals surface area (Å²) in [6.07, 6.45) is 9.26. The third-order valence-corrected chi connectivity index (χ3v) is 8.99. The van der Waals surface area contributed by atoms with Gasteiger partial charge in [0.15, 0.2) is 0 Å². The number of rotatable bonds is 11. The van der Waals surface area contributed by atoms with Gasteiger partial charge in [0.25, 0.3) is 0 Å². The highest BCUT2D eigenvalue weighted by Crippen LogP contribution is 2.35. The van der Waals surface area contributed by atoms with Crippen molar-refractivity contribution in [1.82, 2.24) is 9.88 Å². The highest BCUT2D eigenvalue weighted by atomic mass is 35.5. The van der Waals surface area contributed by atoms with E-state index in [1.165, 1.54) is 25.7 Å². The molecule has 1 aromatic carbocycles. The number of carboxylic acids is 1. The van der Waals surface area contributed by atoms with E-state index in [1.807, 2.05) is 24.3 Å². The molecule has 2 fully saturated rings. The van der Waals surface area contributed by atoms with Crippen LogP contribution in [0.5, 0.6) is 5.75 Å². The molecule has 2 aromatic rings. The van der Waals surface area contributed by atoms with Crippen molar-refractivity contribution in [3.8, 4) is 5.75 Å². The Kier molecular flexibility index (Phi) is 13.1. The number of aliphatic hydroxyl groups excluding tert-OH is 1. The van der Waals surface area contributed by atoms with Crippen LogP contribution < -0.4 is 4.74 Å². The fraction of sp³-hybridized carbons (Fsp3) is 0.630. The minimum absolute atomic E-state index is 0. The maximum absolute atomic E-state index is 11.6. The van der Waals surface area contributed by atoms with Gasteiger partial charge in [0, 0.05) is 42.1 Å². The van der Waals surface area contributed by atoms with E-state index in [2.05, 4.69) is 21.6 Å². The summed E-state index contributed by atoms with van der Waals surface area (Å²) in [5.41, 5.74) is 1.70. The quantitative estimate of drug-likeness (QED) is 0.350. The van der Waals surface area contributed by atoms with E-state index >= 15 is 0 Å². The molecule has 2 aliphatic rings. The molecule has 36 heavy (non-hydrogen) atoms. The molecule has 4 rings (SSSR count). The number of aliphatic hydroxyl groups is 1. The predicted octanol–water partition coefficient (Wildman–Crippen LogP) is 5.99. The Balaban J connectivity index is 0.00000228. The fourth-order valence-electron chi connectivity index (χ4n) is 5.69. The van der Waals surface area contributed by atoms with Crippen molar-refractivity contribution in [2.24, 2.45) is 11.8 Å².